The van der Waals surface area contributed by atoms with Gasteiger partial charge in [0.2, 0.25) is 0 Å². The SMILES string of the molecule is CCN=CN=C(C)CC. The molecule has 0 unspecified atom stereocenters. The van der Waals surface area contributed by atoms with Crippen molar-refractivity contribution in [3.8, 4) is 0 Å². The first kappa shape index (κ1) is 8.34. The lowest BCUT2D eigenvalue weighted by Gasteiger charge is -1.86. The van der Waals surface area contributed by atoms with Gasteiger partial charge in [0, 0.05) is 12.3 Å². The van der Waals surface area contributed by atoms with Crippen LogP contribution in [-0.2, 0) is 0 Å². The fourth-order valence-corrected chi connectivity index (χ4v) is 0.312. The van der Waals surface area contributed by atoms with Crippen LogP contribution in [0.3, 0.4) is 0 Å². The third-order valence-corrected chi connectivity index (χ3v) is 1.05. The molecule has 0 aromatic carbocycles. The van der Waals surface area contributed by atoms with E-state index in [0.29, 0.717) is 0 Å². The van der Waals surface area contributed by atoms with Gasteiger partial charge >= 0.3 is 0 Å². The number of hydrogen-bond donors (Lipinski definition) is 0. The van der Waals surface area contributed by atoms with Crippen LogP contribution in [0.2, 0.25) is 0 Å². The minimum atomic E-state index is 0.820. The standard InChI is InChI=1S/C7H14N2/c1-4-7(3)9-6-8-5-2/h6H,4-5H2,1-3H3. The molecule has 0 amide bonds. The van der Waals surface area contributed by atoms with Crippen molar-refractivity contribution >= 4 is 12.1 Å². The molecular formula is C7H14N2. The Hall–Kier alpha value is -0.660. The van der Waals surface area contributed by atoms with Crippen LogP contribution < -0.4 is 0 Å². The third-order valence-electron chi connectivity index (χ3n) is 1.05. The van der Waals surface area contributed by atoms with Crippen LogP contribution in [0.4, 0.5) is 0 Å². The van der Waals surface area contributed by atoms with Crippen LogP contribution in [0.5, 0.6) is 0 Å². The summed E-state index contributed by atoms with van der Waals surface area (Å²) in [5, 5.41) is 0. The summed E-state index contributed by atoms with van der Waals surface area (Å²) in [4.78, 5) is 8.00. The van der Waals surface area contributed by atoms with Gasteiger partial charge in [-0.3, -0.25) is 4.99 Å². The Kier molecular flexibility index (Phi) is 5.07. The van der Waals surface area contributed by atoms with Crippen LogP contribution in [0.15, 0.2) is 9.98 Å². The number of hydrogen-bond acceptors (Lipinski definition) is 1. The first-order chi connectivity index (χ1) is 4.31. The molecular weight excluding hydrogens is 112 g/mol. The summed E-state index contributed by atoms with van der Waals surface area (Å²) in [6, 6.07) is 0. The minimum Gasteiger partial charge on any atom is -0.274 e. The smallest absolute Gasteiger partial charge is 0.109 e. The fourth-order valence-electron chi connectivity index (χ4n) is 0.312. The summed E-state index contributed by atoms with van der Waals surface area (Å²) in [6.07, 6.45) is 2.63. The second kappa shape index (κ2) is 5.48. The van der Waals surface area contributed by atoms with E-state index in [4.69, 9.17) is 0 Å². The molecule has 0 bridgehead atoms. The van der Waals surface area contributed by atoms with Crippen molar-refractivity contribution in [2.45, 2.75) is 27.2 Å². The molecule has 0 spiro atoms. The van der Waals surface area contributed by atoms with Gasteiger partial charge in [-0.15, -0.1) is 0 Å². The van der Waals surface area contributed by atoms with Crippen molar-refractivity contribution in [3.63, 3.8) is 0 Å². The summed E-state index contributed by atoms with van der Waals surface area (Å²) in [6.45, 7) is 6.90. The van der Waals surface area contributed by atoms with Gasteiger partial charge in [-0.25, -0.2) is 4.99 Å². The fraction of sp³-hybridized carbons (Fsp3) is 0.714. The first-order valence-corrected chi connectivity index (χ1v) is 3.32. The molecule has 0 radical (unpaired) electrons. The maximum Gasteiger partial charge on any atom is 0.109 e. The largest absolute Gasteiger partial charge is 0.274 e. The molecule has 0 saturated heterocycles. The zero-order valence-electron chi connectivity index (χ0n) is 6.39. The van der Waals surface area contributed by atoms with Crippen molar-refractivity contribution in [1.29, 1.82) is 0 Å². The van der Waals surface area contributed by atoms with Crippen LogP contribution in [-0.4, -0.2) is 18.6 Å². The quantitative estimate of drug-likeness (QED) is 0.407. The Balaban J connectivity index is 3.55. The normalized spacial score (nSPS) is 13.0. The molecule has 0 aromatic heterocycles. The van der Waals surface area contributed by atoms with E-state index in [-0.39, 0.29) is 0 Å². The molecule has 0 aliphatic heterocycles. The average Bonchev–Trinajstić information content (AvgIpc) is 1.89. The molecule has 0 saturated carbocycles. The van der Waals surface area contributed by atoms with E-state index in [1.807, 2.05) is 13.8 Å². The molecule has 0 aliphatic carbocycles. The highest BCUT2D eigenvalue weighted by Crippen LogP contribution is 1.80. The first-order valence-electron chi connectivity index (χ1n) is 3.32. The van der Waals surface area contributed by atoms with Gasteiger partial charge in [0.1, 0.15) is 6.34 Å². The highest BCUT2D eigenvalue weighted by atomic mass is 14.8. The highest BCUT2D eigenvalue weighted by Gasteiger charge is 1.78. The summed E-state index contributed by atoms with van der Waals surface area (Å²) in [5.74, 6) is 0. The van der Waals surface area contributed by atoms with Crippen LogP contribution in [0.1, 0.15) is 27.2 Å². The molecule has 0 aliphatic rings. The lowest BCUT2D eigenvalue weighted by molar-refractivity contribution is 1.13. The van der Waals surface area contributed by atoms with E-state index in [2.05, 4.69) is 16.9 Å². The number of aliphatic imine (C=N–C) groups is 2. The summed E-state index contributed by atoms with van der Waals surface area (Å²) in [7, 11) is 0. The van der Waals surface area contributed by atoms with Crippen molar-refractivity contribution in [2.24, 2.45) is 9.98 Å². The molecule has 0 atom stereocenters. The lowest BCUT2D eigenvalue weighted by atomic mass is 10.3. The van der Waals surface area contributed by atoms with Gasteiger partial charge in [0.15, 0.2) is 0 Å². The van der Waals surface area contributed by atoms with E-state index in [9.17, 15) is 0 Å². The second-order valence-electron chi connectivity index (χ2n) is 1.83. The van der Waals surface area contributed by atoms with Crippen LogP contribution >= 0.6 is 0 Å². The zero-order valence-corrected chi connectivity index (χ0v) is 6.39. The van der Waals surface area contributed by atoms with Crippen LogP contribution in [0, 0.1) is 0 Å². The van der Waals surface area contributed by atoms with Gasteiger partial charge in [-0.1, -0.05) is 6.92 Å². The molecule has 0 aromatic rings. The Morgan fingerprint density at radius 1 is 1.44 bits per heavy atom. The van der Waals surface area contributed by atoms with E-state index < -0.39 is 0 Å². The van der Waals surface area contributed by atoms with Gasteiger partial charge in [0.25, 0.3) is 0 Å². The molecule has 52 valence electrons. The summed E-state index contributed by atoms with van der Waals surface area (Å²) in [5.41, 5.74) is 1.13. The zero-order chi connectivity index (χ0) is 7.11. The highest BCUT2D eigenvalue weighted by molar-refractivity contribution is 5.88. The minimum absolute atomic E-state index is 0.820. The molecule has 0 heterocycles. The van der Waals surface area contributed by atoms with Gasteiger partial charge in [0.05, 0.1) is 0 Å². The molecule has 9 heavy (non-hydrogen) atoms. The maximum absolute atomic E-state index is 4.06. The lowest BCUT2D eigenvalue weighted by Crippen LogP contribution is -1.86. The molecule has 0 rings (SSSR count). The Morgan fingerprint density at radius 2 is 2.11 bits per heavy atom. The predicted octanol–water partition coefficient (Wildman–Crippen LogP) is 1.91. The van der Waals surface area contributed by atoms with Gasteiger partial charge in [-0.2, -0.15) is 0 Å². The van der Waals surface area contributed by atoms with E-state index in [0.717, 1.165) is 18.7 Å². The molecule has 0 N–H and O–H groups in total. The summed E-state index contributed by atoms with van der Waals surface area (Å²) < 4.78 is 0. The predicted molar refractivity (Wildman–Crippen MR) is 42.4 cm³/mol. The van der Waals surface area contributed by atoms with Crippen molar-refractivity contribution in [1.82, 2.24) is 0 Å². The third kappa shape index (κ3) is 5.21. The molecule has 2 nitrogen and oxygen atoms in total. The summed E-state index contributed by atoms with van der Waals surface area (Å²) >= 11 is 0. The monoisotopic (exact) mass is 126 g/mol. The maximum atomic E-state index is 4.06. The Bertz CT molecular complexity index is 114. The Labute approximate surface area is 56.7 Å². The van der Waals surface area contributed by atoms with Crippen molar-refractivity contribution in [3.05, 3.63) is 0 Å². The van der Waals surface area contributed by atoms with E-state index >= 15 is 0 Å². The topological polar surface area (TPSA) is 24.7 Å². The number of nitrogens with zero attached hydrogens (tertiary/aromatic N) is 2. The van der Waals surface area contributed by atoms with Gasteiger partial charge in [-0.05, 0) is 20.3 Å². The second-order valence-corrected chi connectivity index (χ2v) is 1.83. The molecule has 0 fully saturated rings. The average molecular weight is 126 g/mol. The Morgan fingerprint density at radius 3 is 2.56 bits per heavy atom. The van der Waals surface area contributed by atoms with Crippen molar-refractivity contribution < 1.29 is 0 Å². The van der Waals surface area contributed by atoms with E-state index in [1.165, 1.54) is 0 Å². The van der Waals surface area contributed by atoms with Crippen molar-refractivity contribution in [2.75, 3.05) is 6.54 Å². The number of rotatable bonds is 3. The molecule has 2 heteroatoms. The van der Waals surface area contributed by atoms with Crippen LogP contribution in [0.25, 0.3) is 0 Å². The van der Waals surface area contributed by atoms with E-state index in [1.54, 1.807) is 6.34 Å². The van der Waals surface area contributed by atoms with Gasteiger partial charge < -0.3 is 0 Å².